The highest BCUT2D eigenvalue weighted by Gasteiger charge is 2.39. The maximum Gasteiger partial charge on any atom is 0.156 e. The number of nitrogens with one attached hydrogen (secondary N) is 4. The predicted molar refractivity (Wildman–Crippen MR) is 84.7 cm³/mol. The van der Waals surface area contributed by atoms with E-state index in [0.717, 1.165) is 42.1 Å². The summed E-state index contributed by atoms with van der Waals surface area (Å²) in [6, 6.07) is 4.33. The van der Waals surface area contributed by atoms with Gasteiger partial charge in [-0.25, -0.2) is 10.4 Å². The summed E-state index contributed by atoms with van der Waals surface area (Å²) in [5.74, 6) is 0.933. The van der Waals surface area contributed by atoms with Gasteiger partial charge in [-0.15, -0.1) is 0 Å². The largest absolute Gasteiger partial charge is 0.337 e. The van der Waals surface area contributed by atoms with Crippen LogP contribution in [0, 0.1) is 13.8 Å². The van der Waals surface area contributed by atoms with Crippen molar-refractivity contribution in [3.05, 3.63) is 34.7 Å². The molecule has 2 aliphatic rings. The van der Waals surface area contributed by atoms with Gasteiger partial charge in [0.1, 0.15) is 0 Å². The summed E-state index contributed by atoms with van der Waals surface area (Å²) in [6.45, 7) is 8.46. The fraction of sp³-hybridized carbons (Fsp3) is 0.438. The topological polar surface area (TPSA) is 64.8 Å². The van der Waals surface area contributed by atoms with Crippen LogP contribution in [0.2, 0.25) is 0 Å². The average molecular weight is 283 g/mol. The highest BCUT2D eigenvalue weighted by Crippen LogP contribution is 2.33. The van der Waals surface area contributed by atoms with Crippen LogP contribution in [0.1, 0.15) is 30.3 Å². The number of hydrogen-bond acceptors (Lipinski definition) is 4. The molecule has 1 saturated heterocycles. The zero-order valence-electron chi connectivity index (χ0n) is 12.7. The summed E-state index contributed by atoms with van der Waals surface area (Å²) in [5.41, 5.74) is 14.0. The van der Waals surface area contributed by atoms with Crippen LogP contribution >= 0.6 is 0 Å². The fourth-order valence-corrected chi connectivity index (χ4v) is 3.32. The van der Waals surface area contributed by atoms with Gasteiger partial charge in [-0.05, 0) is 62.6 Å². The molecule has 0 spiro atoms. The first kappa shape index (κ1) is 12.9. The van der Waals surface area contributed by atoms with Crippen LogP contribution in [0.3, 0.4) is 0 Å². The Labute approximate surface area is 124 Å². The van der Waals surface area contributed by atoms with E-state index in [1.54, 1.807) is 0 Å². The lowest BCUT2D eigenvalue weighted by Crippen LogP contribution is -2.54. The van der Waals surface area contributed by atoms with E-state index < -0.39 is 0 Å². The van der Waals surface area contributed by atoms with Gasteiger partial charge in [-0.2, -0.15) is 0 Å². The maximum absolute atomic E-state index is 4.78. The van der Waals surface area contributed by atoms with Gasteiger partial charge >= 0.3 is 0 Å². The molecular formula is C16H21N5. The van der Waals surface area contributed by atoms with E-state index in [0.29, 0.717) is 0 Å². The Balaban J connectivity index is 1.85. The van der Waals surface area contributed by atoms with Crippen LogP contribution in [0.5, 0.6) is 0 Å². The van der Waals surface area contributed by atoms with Gasteiger partial charge in [0.15, 0.2) is 5.82 Å². The number of imidazole rings is 1. The molecule has 110 valence electrons. The van der Waals surface area contributed by atoms with Gasteiger partial charge in [0.05, 0.1) is 22.3 Å². The summed E-state index contributed by atoms with van der Waals surface area (Å²) in [7, 11) is 0. The number of H-pyrrole nitrogens is 1. The molecule has 1 aromatic carbocycles. The molecule has 1 aromatic heterocycles. The van der Waals surface area contributed by atoms with Crippen LogP contribution in [-0.4, -0.2) is 28.6 Å². The lowest BCUT2D eigenvalue weighted by Gasteiger charge is -2.32. The zero-order chi connectivity index (χ0) is 14.6. The number of nitrogens with zero attached hydrogens (tertiary/aromatic N) is 1. The van der Waals surface area contributed by atoms with Gasteiger partial charge in [0.2, 0.25) is 0 Å². The number of piperidine rings is 1. The minimum atomic E-state index is -0.0155. The molecule has 0 radical (unpaired) electrons. The lowest BCUT2D eigenvalue weighted by atomic mass is 9.87. The van der Waals surface area contributed by atoms with E-state index >= 15 is 0 Å². The molecule has 5 heteroatoms. The third-order valence-electron chi connectivity index (χ3n) is 4.80. The Bertz CT molecular complexity index is 718. The minimum Gasteiger partial charge on any atom is -0.337 e. The first-order chi connectivity index (χ1) is 10.1. The molecule has 1 unspecified atom stereocenters. The first-order valence-electron chi connectivity index (χ1n) is 7.52. The van der Waals surface area contributed by atoms with Crippen molar-refractivity contribution in [3.8, 4) is 0 Å². The van der Waals surface area contributed by atoms with Crippen LogP contribution in [0.25, 0.3) is 16.7 Å². The third kappa shape index (κ3) is 1.88. The lowest BCUT2D eigenvalue weighted by molar-refractivity contribution is 0.359. The number of rotatable bonds is 1. The Kier molecular flexibility index (Phi) is 2.65. The second-order valence-corrected chi connectivity index (χ2v) is 6.40. The molecule has 5 nitrogen and oxygen atoms in total. The van der Waals surface area contributed by atoms with E-state index in [9.17, 15) is 0 Å². The molecule has 2 aliphatic heterocycles. The molecule has 0 bridgehead atoms. The number of fused-ring (bicyclic) bond motifs is 2. The summed E-state index contributed by atoms with van der Waals surface area (Å²) < 4.78 is 0. The van der Waals surface area contributed by atoms with E-state index in [-0.39, 0.29) is 5.54 Å². The molecular weight excluding hydrogens is 262 g/mol. The second-order valence-electron chi connectivity index (χ2n) is 6.40. The Hall–Kier alpha value is -1.85. The predicted octanol–water partition coefficient (Wildman–Crippen LogP) is 1.75. The third-order valence-corrected chi connectivity index (χ3v) is 4.80. The maximum atomic E-state index is 4.78. The van der Waals surface area contributed by atoms with Gasteiger partial charge in [-0.3, -0.25) is 0 Å². The van der Waals surface area contributed by atoms with Gasteiger partial charge in [0.25, 0.3) is 0 Å². The molecule has 21 heavy (non-hydrogen) atoms. The van der Waals surface area contributed by atoms with Crippen LogP contribution in [-0.2, 0) is 0 Å². The number of aromatic nitrogens is 2. The molecule has 4 N–H and O–H groups in total. The van der Waals surface area contributed by atoms with Crippen molar-refractivity contribution >= 4 is 16.7 Å². The van der Waals surface area contributed by atoms with Crippen molar-refractivity contribution in [2.24, 2.45) is 0 Å². The molecule has 0 amide bonds. The molecule has 4 rings (SSSR count). The molecule has 0 aliphatic carbocycles. The van der Waals surface area contributed by atoms with E-state index in [4.69, 9.17) is 4.98 Å². The molecule has 0 saturated carbocycles. The van der Waals surface area contributed by atoms with Crippen molar-refractivity contribution in [1.82, 2.24) is 26.1 Å². The van der Waals surface area contributed by atoms with Crippen molar-refractivity contribution in [1.29, 1.82) is 0 Å². The number of hydrogen-bond donors (Lipinski definition) is 4. The van der Waals surface area contributed by atoms with Crippen molar-refractivity contribution < 1.29 is 0 Å². The quantitative estimate of drug-likeness (QED) is 0.644. The molecule has 2 aromatic rings. The zero-order valence-corrected chi connectivity index (χ0v) is 12.7. The van der Waals surface area contributed by atoms with Crippen molar-refractivity contribution in [2.45, 2.75) is 32.7 Å². The standard InChI is InChI=1S/C16H21N5/c1-9-6-12-13(7-10(9)2)19-15(18-12)14-11-4-5-17-8-16(11,3)21-20-14/h6-7,17,20-21H,4-5,8H2,1-3H3,(H,18,19). The molecule has 3 heterocycles. The Morgan fingerprint density at radius 1 is 1.19 bits per heavy atom. The summed E-state index contributed by atoms with van der Waals surface area (Å²) in [4.78, 5) is 8.25. The number of aryl methyl sites for hydroxylation is 2. The fourth-order valence-electron chi connectivity index (χ4n) is 3.32. The van der Waals surface area contributed by atoms with E-state index in [1.165, 1.54) is 16.7 Å². The number of benzene rings is 1. The average Bonchev–Trinajstić information content (AvgIpc) is 2.99. The second kappa shape index (κ2) is 4.32. The molecule has 1 atom stereocenters. The Morgan fingerprint density at radius 2 is 2.00 bits per heavy atom. The Morgan fingerprint density at radius 3 is 2.86 bits per heavy atom. The van der Waals surface area contributed by atoms with Crippen LogP contribution in [0.4, 0.5) is 0 Å². The normalized spacial score (nSPS) is 25.3. The monoisotopic (exact) mass is 283 g/mol. The van der Waals surface area contributed by atoms with E-state index in [1.807, 2.05) is 0 Å². The van der Waals surface area contributed by atoms with Crippen LogP contribution < -0.4 is 16.2 Å². The SMILES string of the molecule is Cc1cc2nc(C3=C4CCNCC4(C)NN3)[nH]c2cc1C. The minimum absolute atomic E-state index is 0.0155. The summed E-state index contributed by atoms with van der Waals surface area (Å²) in [6.07, 6.45) is 1.04. The highest BCUT2D eigenvalue weighted by atomic mass is 15.4. The summed E-state index contributed by atoms with van der Waals surface area (Å²) in [5, 5.41) is 3.44. The van der Waals surface area contributed by atoms with Gasteiger partial charge in [0, 0.05) is 6.54 Å². The number of aromatic amines is 1. The summed E-state index contributed by atoms with van der Waals surface area (Å²) >= 11 is 0. The van der Waals surface area contributed by atoms with Gasteiger partial charge in [-0.1, -0.05) is 0 Å². The van der Waals surface area contributed by atoms with Gasteiger partial charge < -0.3 is 15.7 Å². The molecule has 1 fully saturated rings. The smallest absolute Gasteiger partial charge is 0.156 e. The number of hydrazine groups is 1. The van der Waals surface area contributed by atoms with Crippen molar-refractivity contribution in [2.75, 3.05) is 13.1 Å². The first-order valence-corrected chi connectivity index (χ1v) is 7.52. The van der Waals surface area contributed by atoms with Crippen LogP contribution in [0.15, 0.2) is 17.7 Å². The van der Waals surface area contributed by atoms with E-state index in [2.05, 4.69) is 54.1 Å². The van der Waals surface area contributed by atoms with Crippen molar-refractivity contribution in [3.63, 3.8) is 0 Å². The highest BCUT2D eigenvalue weighted by molar-refractivity contribution is 5.81.